The molecule has 0 spiro atoms. The van der Waals surface area contributed by atoms with E-state index in [9.17, 15) is 14.4 Å². The van der Waals surface area contributed by atoms with Gasteiger partial charge in [-0.05, 0) is 45.1 Å². The number of fused-ring (bicyclic) bond motifs is 1. The lowest BCUT2D eigenvalue weighted by Crippen LogP contribution is -2.41. The summed E-state index contributed by atoms with van der Waals surface area (Å²) in [6.07, 6.45) is 0.782. The topological polar surface area (TPSA) is 96.3 Å². The number of nitrogens with one attached hydrogen (secondary N) is 2. The quantitative estimate of drug-likeness (QED) is 0.476. The largest absolute Gasteiger partial charge is 0.338 e. The van der Waals surface area contributed by atoms with Crippen LogP contribution in [0.3, 0.4) is 0 Å². The molecule has 8 nitrogen and oxygen atoms in total. The summed E-state index contributed by atoms with van der Waals surface area (Å²) in [6.45, 7) is 5.77. The van der Waals surface area contributed by atoms with Crippen LogP contribution in [0, 0.1) is 5.92 Å². The fourth-order valence-electron chi connectivity index (χ4n) is 2.63. The molecule has 0 radical (unpaired) electrons. The first-order chi connectivity index (χ1) is 13.8. The number of imide groups is 1. The minimum absolute atomic E-state index is 0.00639. The normalized spacial score (nSPS) is 11.2. The van der Waals surface area contributed by atoms with Crippen molar-refractivity contribution in [3.63, 3.8) is 0 Å². The second kappa shape index (κ2) is 11.0. The van der Waals surface area contributed by atoms with Gasteiger partial charge in [0.05, 0.1) is 16.7 Å². The Hall–Kier alpha value is -2.39. The molecular formula is C20H29N5O3S. The Labute approximate surface area is 175 Å². The summed E-state index contributed by atoms with van der Waals surface area (Å²) < 4.78 is 1.61. The summed E-state index contributed by atoms with van der Waals surface area (Å²) in [7, 11) is 3.96. The monoisotopic (exact) mass is 419 g/mol. The molecule has 0 saturated heterocycles. The van der Waals surface area contributed by atoms with Gasteiger partial charge >= 0.3 is 6.03 Å². The lowest BCUT2D eigenvalue weighted by atomic mass is 10.2. The van der Waals surface area contributed by atoms with Crippen LogP contribution in [-0.2, 0) is 11.3 Å². The molecular weight excluding hydrogens is 390 g/mol. The van der Waals surface area contributed by atoms with E-state index in [0.717, 1.165) is 24.7 Å². The molecule has 0 atom stereocenters. The van der Waals surface area contributed by atoms with Gasteiger partial charge in [0.1, 0.15) is 0 Å². The molecule has 9 heteroatoms. The van der Waals surface area contributed by atoms with Gasteiger partial charge in [-0.15, -0.1) is 0 Å². The third-order valence-electron chi connectivity index (χ3n) is 4.07. The van der Waals surface area contributed by atoms with Crippen LogP contribution in [-0.4, -0.2) is 59.3 Å². The van der Waals surface area contributed by atoms with Crippen LogP contribution in [0.15, 0.2) is 34.2 Å². The Bertz CT molecular complexity index is 911. The maximum atomic E-state index is 12.9. The molecule has 1 aromatic heterocycles. The maximum Gasteiger partial charge on any atom is 0.321 e. The number of thioether (sulfide) groups is 1. The number of aromatic nitrogens is 2. The lowest BCUT2D eigenvalue weighted by Gasteiger charge is -2.15. The first kappa shape index (κ1) is 22.9. The van der Waals surface area contributed by atoms with E-state index in [4.69, 9.17) is 0 Å². The number of para-hydroxylation sites is 1. The average Bonchev–Trinajstić information content (AvgIpc) is 2.66. The first-order valence-corrected chi connectivity index (χ1v) is 10.6. The fraction of sp³-hybridized carbons (Fsp3) is 0.500. The van der Waals surface area contributed by atoms with Crippen LogP contribution in [0.4, 0.5) is 4.79 Å². The van der Waals surface area contributed by atoms with Gasteiger partial charge in [0, 0.05) is 13.1 Å². The zero-order valence-corrected chi connectivity index (χ0v) is 18.2. The van der Waals surface area contributed by atoms with Gasteiger partial charge < -0.3 is 10.2 Å². The zero-order valence-electron chi connectivity index (χ0n) is 17.4. The number of urea groups is 1. The average molecular weight is 420 g/mol. The molecule has 2 rings (SSSR count). The van der Waals surface area contributed by atoms with E-state index >= 15 is 0 Å². The van der Waals surface area contributed by atoms with Crippen molar-refractivity contribution >= 4 is 34.6 Å². The SMILES string of the molecule is CC(C)CNC(=O)NC(=O)CSc1nc2ccccc2c(=O)n1CCCN(C)C. The molecule has 0 unspecified atom stereocenters. The molecule has 158 valence electrons. The molecule has 1 heterocycles. The molecule has 3 amide bonds. The van der Waals surface area contributed by atoms with E-state index in [2.05, 4.69) is 20.5 Å². The summed E-state index contributed by atoms with van der Waals surface area (Å²) in [5, 5.41) is 5.97. The number of amides is 3. The number of nitrogens with zero attached hydrogens (tertiary/aromatic N) is 3. The molecule has 2 N–H and O–H groups in total. The number of carbonyl (C=O) groups excluding carboxylic acids is 2. The van der Waals surface area contributed by atoms with Crippen molar-refractivity contribution in [3.05, 3.63) is 34.6 Å². The van der Waals surface area contributed by atoms with E-state index in [0.29, 0.717) is 35.1 Å². The minimum Gasteiger partial charge on any atom is -0.338 e. The first-order valence-electron chi connectivity index (χ1n) is 9.62. The van der Waals surface area contributed by atoms with E-state index in [1.807, 2.05) is 40.1 Å². The molecule has 0 aliphatic heterocycles. The predicted molar refractivity (Wildman–Crippen MR) is 116 cm³/mol. The Morgan fingerprint density at radius 2 is 1.97 bits per heavy atom. The van der Waals surface area contributed by atoms with E-state index in [1.54, 1.807) is 16.7 Å². The highest BCUT2D eigenvalue weighted by atomic mass is 32.2. The number of carbonyl (C=O) groups is 2. The molecule has 0 bridgehead atoms. The van der Waals surface area contributed by atoms with Crippen molar-refractivity contribution in [1.29, 1.82) is 0 Å². The summed E-state index contributed by atoms with van der Waals surface area (Å²) in [6, 6.07) is 6.66. The van der Waals surface area contributed by atoms with Gasteiger partial charge in [-0.2, -0.15) is 0 Å². The van der Waals surface area contributed by atoms with E-state index in [-0.39, 0.29) is 11.3 Å². The van der Waals surface area contributed by atoms with Crippen molar-refractivity contribution in [2.24, 2.45) is 5.92 Å². The van der Waals surface area contributed by atoms with Crippen LogP contribution in [0.1, 0.15) is 20.3 Å². The molecule has 29 heavy (non-hydrogen) atoms. The van der Waals surface area contributed by atoms with E-state index in [1.165, 1.54) is 0 Å². The van der Waals surface area contributed by atoms with Crippen LogP contribution in [0.5, 0.6) is 0 Å². The van der Waals surface area contributed by atoms with Crippen molar-refractivity contribution in [2.45, 2.75) is 32.0 Å². The third-order valence-corrected chi connectivity index (χ3v) is 5.05. The van der Waals surface area contributed by atoms with Crippen LogP contribution < -0.4 is 16.2 Å². The Morgan fingerprint density at radius 1 is 1.24 bits per heavy atom. The van der Waals surface area contributed by atoms with Gasteiger partial charge in [-0.1, -0.05) is 37.7 Å². The molecule has 0 aliphatic rings. The number of benzene rings is 1. The van der Waals surface area contributed by atoms with Crippen molar-refractivity contribution in [3.8, 4) is 0 Å². The lowest BCUT2D eigenvalue weighted by molar-refractivity contribution is -0.117. The smallest absolute Gasteiger partial charge is 0.321 e. The van der Waals surface area contributed by atoms with Gasteiger partial charge in [-0.3, -0.25) is 19.5 Å². The number of rotatable bonds is 9. The summed E-state index contributed by atoms with van der Waals surface area (Å²) >= 11 is 1.16. The van der Waals surface area contributed by atoms with Gasteiger partial charge in [0.15, 0.2) is 5.16 Å². The standard InChI is InChI=1S/C20H29N5O3S/c1-14(2)12-21-19(28)23-17(26)13-29-20-22-16-9-6-5-8-15(16)18(27)25(20)11-7-10-24(3)4/h5-6,8-9,14H,7,10-13H2,1-4H3,(H2,21,23,26,28). The molecule has 1 aromatic carbocycles. The van der Waals surface area contributed by atoms with E-state index < -0.39 is 11.9 Å². The Morgan fingerprint density at radius 3 is 2.66 bits per heavy atom. The second-order valence-electron chi connectivity index (χ2n) is 7.47. The minimum atomic E-state index is -0.515. The molecule has 0 aliphatic carbocycles. The maximum absolute atomic E-state index is 12.9. The third kappa shape index (κ3) is 7.17. The fourth-order valence-corrected chi connectivity index (χ4v) is 3.46. The summed E-state index contributed by atoms with van der Waals surface area (Å²) in [5.74, 6) is -0.143. The van der Waals surface area contributed by atoms with Crippen molar-refractivity contribution < 1.29 is 9.59 Å². The van der Waals surface area contributed by atoms with Crippen molar-refractivity contribution in [2.75, 3.05) is 32.9 Å². The number of hydrogen-bond donors (Lipinski definition) is 2. The summed E-state index contributed by atoms with van der Waals surface area (Å²) in [4.78, 5) is 43.4. The highest BCUT2D eigenvalue weighted by Crippen LogP contribution is 2.18. The Kier molecular flexibility index (Phi) is 8.66. The molecule has 0 fully saturated rings. The van der Waals surface area contributed by atoms with Crippen LogP contribution in [0.2, 0.25) is 0 Å². The van der Waals surface area contributed by atoms with Gasteiger partial charge in [0.2, 0.25) is 5.91 Å². The van der Waals surface area contributed by atoms with Crippen LogP contribution in [0.25, 0.3) is 10.9 Å². The molecule has 0 saturated carbocycles. The molecule has 2 aromatic rings. The predicted octanol–water partition coefficient (Wildman–Crippen LogP) is 1.92. The zero-order chi connectivity index (χ0) is 21.4. The van der Waals surface area contributed by atoms with Gasteiger partial charge in [0.25, 0.3) is 5.56 Å². The highest BCUT2D eigenvalue weighted by Gasteiger charge is 2.14. The summed E-state index contributed by atoms with van der Waals surface area (Å²) in [5.41, 5.74) is 0.478. The highest BCUT2D eigenvalue weighted by molar-refractivity contribution is 7.99. The van der Waals surface area contributed by atoms with Crippen LogP contribution >= 0.6 is 11.8 Å². The van der Waals surface area contributed by atoms with Crippen molar-refractivity contribution in [1.82, 2.24) is 25.1 Å². The van der Waals surface area contributed by atoms with Gasteiger partial charge in [-0.25, -0.2) is 9.78 Å². The Balaban J connectivity index is 2.12. The second-order valence-corrected chi connectivity index (χ2v) is 8.41. The number of hydrogen-bond acceptors (Lipinski definition) is 6.